The van der Waals surface area contributed by atoms with Gasteiger partial charge in [-0.05, 0) is 53.4 Å². The second kappa shape index (κ2) is 11.0. The van der Waals surface area contributed by atoms with Crippen LogP contribution in [0.3, 0.4) is 0 Å². The predicted molar refractivity (Wildman–Crippen MR) is 142 cm³/mol. The van der Waals surface area contributed by atoms with Gasteiger partial charge in [0.25, 0.3) is 0 Å². The molecule has 0 amide bonds. The molecule has 4 aromatic carbocycles. The minimum absolute atomic E-state index is 0.0247. The molecule has 5 rings (SSSR count). The monoisotopic (exact) mass is 499 g/mol. The highest BCUT2D eigenvalue weighted by Crippen LogP contribution is 2.41. The van der Waals surface area contributed by atoms with Crippen molar-refractivity contribution in [3.63, 3.8) is 0 Å². The molecule has 37 heavy (non-hydrogen) atoms. The van der Waals surface area contributed by atoms with Crippen LogP contribution in [0, 0.1) is 5.82 Å². The lowest BCUT2D eigenvalue weighted by molar-refractivity contribution is -0.142. The summed E-state index contributed by atoms with van der Waals surface area (Å²) in [4.78, 5) is 11.4. The normalized spacial score (nSPS) is 17.5. The molecule has 0 saturated carbocycles. The number of rotatable bonds is 8. The Kier molecular flexibility index (Phi) is 7.37. The number of nitrogens with one attached hydrogen (secondary N) is 1. The SMILES string of the molecule is COC(=O)COc1ccc(C2CC(CN[C@H](C)c3cccc4ccccc34)Oc3ccccc32)cc1F. The fourth-order valence-electron chi connectivity index (χ4n) is 5.03. The average molecular weight is 500 g/mol. The van der Waals surface area contributed by atoms with Crippen molar-refractivity contribution >= 4 is 16.7 Å². The van der Waals surface area contributed by atoms with Gasteiger partial charge in [0.15, 0.2) is 18.2 Å². The molecule has 2 unspecified atom stereocenters. The Morgan fingerprint density at radius 1 is 1.05 bits per heavy atom. The number of hydrogen-bond acceptors (Lipinski definition) is 5. The molecule has 1 aliphatic rings. The molecule has 190 valence electrons. The van der Waals surface area contributed by atoms with Gasteiger partial charge in [-0.3, -0.25) is 0 Å². The summed E-state index contributed by atoms with van der Waals surface area (Å²) in [6, 6.07) is 27.7. The Balaban J connectivity index is 1.33. The van der Waals surface area contributed by atoms with Gasteiger partial charge in [0.05, 0.1) is 7.11 Å². The van der Waals surface area contributed by atoms with Crippen molar-refractivity contribution in [3.05, 3.63) is 107 Å². The molecule has 0 bridgehead atoms. The molecular formula is C31H30FNO4. The molecule has 0 aromatic heterocycles. The van der Waals surface area contributed by atoms with Crippen molar-refractivity contribution < 1.29 is 23.4 Å². The van der Waals surface area contributed by atoms with E-state index >= 15 is 0 Å². The summed E-state index contributed by atoms with van der Waals surface area (Å²) in [5.41, 5.74) is 3.12. The van der Waals surface area contributed by atoms with E-state index in [2.05, 4.69) is 59.4 Å². The van der Waals surface area contributed by atoms with Gasteiger partial charge in [0.1, 0.15) is 11.9 Å². The maximum absolute atomic E-state index is 14.9. The lowest BCUT2D eigenvalue weighted by atomic mass is 9.84. The first kappa shape index (κ1) is 24.8. The Bertz CT molecular complexity index is 1400. The van der Waals surface area contributed by atoms with Gasteiger partial charge >= 0.3 is 5.97 Å². The molecule has 1 N–H and O–H groups in total. The van der Waals surface area contributed by atoms with Gasteiger partial charge < -0.3 is 19.5 Å². The van der Waals surface area contributed by atoms with Crippen LogP contribution < -0.4 is 14.8 Å². The first-order valence-electron chi connectivity index (χ1n) is 12.5. The van der Waals surface area contributed by atoms with E-state index in [1.165, 1.54) is 29.5 Å². The first-order valence-corrected chi connectivity index (χ1v) is 12.5. The summed E-state index contributed by atoms with van der Waals surface area (Å²) in [6.07, 6.45) is 0.615. The van der Waals surface area contributed by atoms with Gasteiger partial charge in [-0.15, -0.1) is 0 Å². The van der Waals surface area contributed by atoms with Gasteiger partial charge in [0, 0.05) is 24.1 Å². The molecule has 0 fully saturated rings. The Morgan fingerprint density at radius 3 is 2.68 bits per heavy atom. The van der Waals surface area contributed by atoms with Crippen LogP contribution in [0.2, 0.25) is 0 Å². The molecular weight excluding hydrogens is 469 g/mol. The minimum Gasteiger partial charge on any atom is -0.489 e. The van der Waals surface area contributed by atoms with Crippen LogP contribution in [0.5, 0.6) is 11.5 Å². The van der Waals surface area contributed by atoms with Crippen LogP contribution >= 0.6 is 0 Å². The number of methoxy groups -OCH3 is 1. The highest BCUT2D eigenvalue weighted by Gasteiger charge is 2.30. The maximum Gasteiger partial charge on any atom is 0.343 e. The van der Waals surface area contributed by atoms with Crippen LogP contribution in [0.1, 0.15) is 42.0 Å². The molecule has 3 atom stereocenters. The number of carbonyl (C=O) groups excluding carboxylic acids is 1. The maximum atomic E-state index is 14.9. The molecule has 6 heteroatoms. The van der Waals surface area contributed by atoms with Crippen LogP contribution in [0.25, 0.3) is 10.8 Å². The van der Waals surface area contributed by atoms with Gasteiger partial charge in [-0.2, -0.15) is 0 Å². The molecule has 0 spiro atoms. The largest absolute Gasteiger partial charge is 0.489 e. The van der Waals surface area contributed by atoms with E-state index in [4.69, 9.17) is 9.47 Å². The third-order valence-corrected chi connectivity index (χ3v) is 6.96. The molecule has 0 radical (unpaired) electrons. The van der Waals surface area contributed by atoms with Crippen LogP contribution in [-0.4, -0.2) is 32.3 Å². The lowest BCUT2D eigenvalue weighted by Crippen LogP contribution is -2.37. The van der Waals surface area contributed by atoms with Crippen LogP contribution in [-0.2, 0) is 9.53 Å². The predicted octanol–water partition coefficient (Wildman–Crippen LogP) is 6.16. The van der Waals surface area contributed by atoms with E-state index in [-0.39, 0.29) is 30.4 Å². The highest BCUT2D eigenvalue weighted by atomic mass is 19.1. The van der Waals surface area contributed by atoms with E-state index in [0.717, 1.165) is 16.9 Å². The van der Waals surface area contributed by atoms with Crippen molar-refractivity contribution in [3.8, 4) is 11.5 Å². The third-order valence-electron chi connectivity index (χ3n) is 6.96. The number of para-hydroxylation sites is 1. The minimum atomic E-state index is -0.560. The van der Waals surface area contributed by atoms with Crippen molar-refractivity contribution in [2.24, 2.45) is 0 Å². The number of carbonyl (C=O) groups is 1. The van der Waals surface area contributed by atoms with Crippen LogP contribution in [0.4, 0.5) is 4.39 Å². The summed E-state index contributed by atoms with van der Waals surface area (Å²) in [5, 5.41) is 6.11. The zero-order valence-electron chi connectivity index (χ0n) is 20.9. The molecule has 1 aliphatic heterocycles. The average Bonchev–Trinajstić information content (AvgIpc) is 2.94. The number of esters is 1. The zero-order valence-corrected chi connectivity index (χ0v) is 20.9. The van der Waals surface area contributed by atoms with Crippen molar-refractivity contribution in [2.45, 2.75) is 31.4 Å². The highest BCUT2D eigenvalue weighted by molar-refractivity contribution is 5.86. The van der Waals surface area contributed by atoms with E-state index < -0.39 is 11.8 Å². The van der Waals surface area contributed by atoms with E-state index in [1.807, 2.05) is 30.3 Å². The number of fused-ring (bicyclic) bond motifs is 2. The van der Waals surface area contributed by atoms with E-state index in [0.29, 0.717) is 13.0 Å². The van der Waals surface area contributed by atoms with Crippen molar-refractivity contribution in [1.29, 1.82) is 0 Å². The standard InChI is InChI=1S/C31H30FNO4/c1-20(24-12-7-9-21-8-3-4-10-25(21)24)33-18-23-17-27(26-11-5-6-13-29(26)37-23)22-14-15-30(28(32)16-22)36-19-31(34)35-2/h3-16,20,23,27,33H,17-19H2,1-2H3/t20-,23?,27?/m1/s1. The summed E-state index contributed by atoms with van der Waals surface area (Å²) >= 11 is 0. The van der Waals surface area contributed by atoms with Crippen molar-refractivity contribution in [2.75, 3.05) is 20.3 Å². The Hall–Kier alpha value is -3.90. The zero-order chi connectivity index (χ0) is 25.8. The quantitative estimate of drug-likeness (QED) is 0.294. The molecule has 4 aromatic rings. The Labute approximate surface area is 216 Å². The topological polar surface area (TPSA) is 56.8 Å². The number of halogens is 1. The second-order valence-corrected chi connectivity index (χ2v) is 9.32. The molecule has 5 nitrogen and oxygen atoms in total. The summed E-state index contributed by atoms with van der Waals surface area (Å²) in [7, 11) is 1.27. The Morgan fingerprint density at radius 2 is 1.84 bits per heavy atom. The summed E-state index contributed by atoms with van der Waals surface area (Å²) in [5.74, 6) is -0.264. The van der Waals surface area contributed by atoms with Gasteiger partial charge in [0.2, 0.25) is 0 Å². The number of hydrogen-bond donors (Lipinski definition) is 1. The van der Waals surface area contributed by atoms with Crippen molar-refractivity contribution in [1.82, 2.24) is 5.32 Å². The first-order chi connectivity index (χ1) is 18.0. The molecule has 0 saturated heterocycles. The van der Waals surface area contributed by atoms with E-state index in [1.54, 1.807) is 6.07 Å². The van der Waals surface area contributed by atoms with Gasteiger partial charge in [-0.1, -0.05) is 66.7 Å². The fourth-order valence-corrected chi connectivity index (χ4v) is 5.03. The van der Waals surface area contributed by atoms with Crippen LogP contribution in [0.15, 0.2) is 84.9 Å². The lowest BCUT2D eigenvalue weighted by Gasteiger charge is -2.33. The molecule has 0 aliphatic carbocycles. The smallest absolute Gasteiger partial charge is 0.343 e. The molecule has 1 heterocycles. The second-order valence-electron chi connectivity index (χ2n) is 9.32. The summed E-state index contributed by atoms with van der Waals surface area (Å²) in [6.45, 7) is 2.48. The van der Waals surface area contributed by atoms with E-state index in [9.17, 15) is 9.18 Å². The third kappa shape index (κ3) is 5.44. The fraction of sp³-hybridized carbons (Fsp3) is 0.258. The number of ether oxygens (including phenoxy) is 3. The summed E-state index contributed by atoms with van der Waals surface area (Å²) < 4.78 is 31.1. The number of benzene rings is 4. The van der Waals surface area contributed by atoms with Gasteiger partial charge in [-0.25, -0.2) is 9.18 Å².